The normalized spacial score (nSPS) is 10.8. The van der Waals surface area contributed by atoms with Gasteiger partial charge in [0.2, 0.25) is 0 Å². The first-order valence-corrected chi connectivity index (χ1v) is 6.31. The first-order valence-electron chi connectivity index (χ1n) is 6.31. The number of nitrogens with zero attached hydrogens (tertiary/aromatic N) is 4. The molecule has 0 saturated carbocycles. The highest BCUT2D eigenvalue weighted by Gasteiger charge is 2.02. The number of rotatable bonds is 6. The average Bonchev–Trinajstić information content (AvgIpc) is 2.85. The number of nitrogens with one attached hydrogen (secondary N) is 1. The summed E-state index contributed by atoms with van der Waals surface area (Å²) in [4.78, 5) is 1.64. The summed E-state index contributed by atoms with van der Waals surface area (Å²) >= 11 is 0. The molecule has 18 heavy (non-hydrogen) atoms. The maximum absolute atomic E-state index is 4.34. The number of aryl methyl sites for hydroxylation is 1. The Balaban J connectivity index is 1.97. The smallest absolute Gasteiger partial charge is 0.176 e. The van der Waals surface area contributed by atoms with E-state index in [1.54, 1.807) is 4.80 Å². The fourth-order valence-electron chi connectivity index (χ4n) is 1.72. The van der Waals surface area contributed by atoms with Gasteiger partial charge in [-0.3, -0.25) is 0 Å². The summed E-state index contributed by atoms with van der Waals surface area (Å²) in [6.07, 6.45) is 1.88. The second-order valence-corrected chi connectivity index (χ2v) is 4.26. The molecule has 0 unspecified atom stereocenters. The van der Waals surface area contributed by atoms with Crippen molar-refractivity contribution in [3.05, 3.63) is 41.2 Å². The van der Waals surface area contributed by atoms with Crippen LogP contribution in [0.1, 0.15) is 23.9 Å². The van der Waals surface area contributed by atoms with Crippen LogP contribution in [0.15, 0.2) is 24.3 Å². The lowest BCUT2D eigenvalue weighted by Gasteiger charge is -2.01. The molecule has 1 N–H and O–H groups in total. The average molecular weight is 245 g/mol. The predicted molar refractivity (Wildman–Crippen MR) is 70.4 cm³/mol. The Hall–Kier alpha value is -1.75. The molecule has 0 amide bonds. The lowest BCUT2D eigenvalue weighted by Crippen LogP contribution is -2.11. The van der Waals surface area contributed by atoms with Crippen LogP contribution in [0.25, 0.3) is 0 Å². The molecule has 0 fully saturated rings. The van der Waals surface area contributed by atoms with Crippen molar-refractivity contribution in [3.8, 4) is 0 Å². The number of benzene rings is 1. The standard InChI is InChI=1S/C13H19N5/c1-3-11-4-6-12(7-5-11)10-18-16-13(15-17-18)8-9-14-2/h4-7,14H,3,8-10H2,1-2H3. The van der Waals surface area contributed by atoms with Crippen LogP contribution in [0, 0.1) is 0 Å². The van der Waals surface area contributed by atoms with Gasteiger partial charge in [0, 0.05) is 13.0 Å². The molecule has 0 aliphatic carbocycles. The van der Waals surface area contributed by atoms with Crippen molar-refractivity contribution in [1.29, 1.82) is 0 Å². The molecule has 5 heteroatoms. The van der Waals surface area contributed by atoms with E-state index >= 15 is 0 Å². The van der Waals surface area contributed by atoms with Crippen LogP contribution in [0.3, 0.4) is 0 Å². The van der Waals surface area contributed by atoms with Gasteiger partial charge in [-0.15, -0.1) is 10.2 Å². The summed E-state index contributed by atoms with van der Waals surface area (Å²) in [6, 6.07) is 8.54. The molecule has 1 aromatic heterocycles. The molecule has 2 rings (SSSR count). The quantitative estimate of drug-likeness (QED) is 0.826. The molecule has 5 nitrogen and oxygen atoms in total. The van der Waals surface area contributed by atoms with Crippen molar-refractivity contribution < 1.29 is 0 Å². The number of hydrogen-bond acceptors (Lipinski definition) is 4. The van der Waals surface area contributed by atoms with Crippen molar-refractivity contribution in [3.63, 3.8) is 0 Å². The second-order valence-electron chi connectivity index (χ2n) is 4.26. The monoisotopic (exact) mass is 245 g/mol. The molecule has 0 spiro atoms. The molecule has 1 heterocycles. The van der Waals surface area contributed by atoms with Gasteiger partial charge in [0.1, 0.15) is 0 Å². The highest BCUT2D eigenvalue weighted by atomic mass is 15.6. The Kier molecular flexibility index (Phi) is 4.41. The Morgan fingerprint density at radius 3 is 2.56 bits per heavy atom. The minimum Gasteiger partial charge on any atom is -0.319 e. The van der Waals surface area contributed by atoms with Crippen LogP contribution >= 0.6 is 0 Å². The van der Waals surface area contributed by atoms with Gasteiger partial charge in [-0.2, -0.15) is 4.80 Å². The Morgan fingerprint density at radius 2 is 1.89 bits per heavy atom. The lowest BCUT2D eigenvalue weighted by molar-refractivity contribution is 0.569. The van der Waals surface area contributed by atoms with Gasteiger partial charge in [0.25, 0.3) is 0 Å². The van der Waals surface area contributed by atoms with E-state index in [1.807, 2.05) is 7.05 Å². The minimum atomic E-state index is 0.677. The summed E-state index contributed by atoms with van der Waals surface area (Å²) in [6.45, 7) is 3.70. The van der Waals surface area contributed by atoms with E-state index in [9.17, 15) is 0 Å². The van der Waals surface area contributed by atoms with Crippen LogP contribution in [-0.4, -0.2) is 33.8 Å². The predicted octanol–water partition coefficient (Wildman–Crippen LogP) is 1.05. The third-order valence-electron chi connectivity index (χ3n) is 2.85. The fourth-order valence-corrected chi connectivity index (χ4v) is 1.72. The van der Waals surface area contributed by atoms with E-state index in [1.165, 1.54) is 11.1 Å². The third-order valence-corrected chi connectivity index (χ3v) is 2.85. The molecule has 0 aliphatic heterocycles. The number of hydrogen-bond donors (Lipinski definition) is 1. The van der Waals surface area contributed by atoms with Gasteiger partial charge in [0.15, 0.2) is 5.82 Å². The molecular weight excluding hydrogens is 226 g/mol. The van der Waals surface area contributed by atoms with Crippen LogP contribution in [0.5, 0.6) is 0 Å². The molecule has 0 radical (unpaired) electrons. The van der Waals surface area contributed by atoms with Crippen molar-refractivity contribution in [2.75, 3.05) is 13.6 Å². The summed E-state index contributed by atoms with van der Waals surface area (Å²) in [7, 11) is 1.92. The van der Waals surface area contributed by atoms with Crippen LogP contribution in [0.4, 0.5) is 0 Å². The van der Waals surface area contributed by atoms with Gasteiger partial charge in [0.05, 0.1) is 6.54 Å². The third kappa shape index (κ3) is 3.37. The number of likely N-dealkylation sites (N-methyl/N-ethyl adjacent to an activating group) is 1. The molecule has 0 saturated heterocycles. The topological polar surface area (TPSA) is 55.6 Å². The Labute approximate surface area is 107 Å². The van der Waals surface area contributed by atoms with E-state index < -0.39 is 0 Å². The van der Waals surface area contributed by atoms with Crippen LogP contribution < -0.4 is 5.32 Å². The fraction of sp³-hybridized carbons (Fsp3) is 0.462. The number of tetrazole rings is 1. The molecule has 2 aromatic rings. The van der Waals surface area contributed by atoms with E-state index in [0.29, 0.717) is 6.54 Å². The SMILES string of the molecule is CCc1ccc(Cn2nnc(CCNC)n2)cc1. The van der Waals surface area contributed by atoms with Gasteiger partial charge in [-0.05, 0) is 29.8 Å². The van der Waals surface area contributed by atoms with E-state index in [4.69, 9.17) is 0 Å². The van der Waals surface area contributed by atoms with Crippen molar-refractivity contribution >= 4 is 0 Å². The summed E-state index contributed by atoms with van der Waals surface area (Å²) < 4.78 is 0. The number of aromatic nitrogens is 4. The molecule has 1 aromatic carbocycles. The molecule has 0 bridgehead atoms. The van der Waals surface area contributed by atoms with Gasteiger partial charge in [-0.25, -0.2) is 0 Å². The van der Waals surface area contributed by atoms with Crippen LogP contribution in [0.2, 0.25) is 0 Å². The summed E-state index contributed by atoms with van der Waals surface area (Å²) in [5.41, 5.74) is 2.55. The van der Waals surface area contributed by atoms with Gasteiger partial charge < -0.3 is 5.32 Å². The van der Waals surface area contributed by atoms with Gasteiger partial charge >= 0.3 is 0 Å². The van der Waals surface area contributed by atoms with E-state index in [0.717, 1.165) is 25.2 Å². The van der Waals surface area contributed by atoms with E-state index in [2.05, 4.69) is 51.9 Å². The first kappa shape index (κ1) is 12.7. The largest absolute Gasteiger partial charge is 0.319 e. The van der Waals surface area contributed by atoms with Gasteiger partial charge in [-0.1, -0.05) is 31.2 Å². The minimum absolute atomic E-state index is 0.677. The molecule has 0 aliphatic rings. The summed E-state index contributed by atoms with van der Waals surface area (Å²) in [5, 5.41) is 15.5. The lowest BCUT2D eigenvalue weighted by atomic mass is 10.1. The highest BCUT2D eigenvalue weighted by molar-refractivity contribution is 5.22. The zero-order valence-electron chi connectivity index (χ0n) is 10.9. The Bertz CT molecular complexity index is 474. The second kappa shape index (κ2) is 6.26. The zero-order chi connectivity index (χ0) is 12.8. The Morgan fingerprint density at radius 1 is 1.17 bits per heavy atom. The first-order chi connectivity index (χ1) is 8.81. The molecule has 96 valence electrons. The van der Waals surface area contributed by atoms with Crippen molar-refractivity contribution in [2.24, 2.45) is 0 Å². The zero-order valence-corrected chi connectivity index (χ0v) is 10.9. The molecule has 0 atom stereocenters. The van der Waals surface area contributed by atoms with Crippen molar-refractivity contribution in [2.45, 2.75) is 26.3 Å². The molecular formula is C13H19N5. The van der Waals surface area contributed by atoms with E-state index in [-0.39, 0.29) is 0 Å². The highest BCUT2D eigenvalue weighted by Crippen LogP contribution is 2.05. The maximum Gasteiger partial charge on any atom is 0.176 e. The van der Waals surface area contributed by atoms with Crippen LogP contribution in [-0.2, 0) is 19.4 Å². The maximum atomic E-state index is 4.34. The van der Waals surface area contributed by atoms with Crippen molar-refractivity contribution in [1.82, 2.24) is 25.5 Å². The summed E-state index contributed by atoms with van der Waals surface area (Å²) in [5.74, 6) is 0.787.